The Bertz CT molecular complexity index is 1480. The predicted molar refractivity (Wildman–Crippen MR) is 178 cm³/mol. The van der Waals surface area contributed by atoms with Gasteiger partial charge in [-0.25, -0.2) is 0 Å². The molecule has 9 heteroatoms. The van der Waals surface area contributed by atoms with Gasteiger partial charge in [0.05, 0.1) is 10.6 Å². The lowest BCUT2D eigenvalue weighted by molar-refractivity contribution is -0.117. The lowest BCUT2D eigenvalue weighted by Gasteiger charge is -2.23. The summed E-state index contributed by atoms with van der Waals surface area (Å²) in [5.74, 6) is 1.08. The van der Waals surface area contributed by atoms with Crippen LogP contribution in [0.5, 0.6) is 0 Å². The Morgan fingerprint density at radius 3 is 2.40 bits per heavy atom. The molecule has 3 amide bonds. The number of terminal acetylenes is 1. The van der Waals surface area contributed by atoms with Crippen LogP contribution in [0.15, 0.2) is 89.0 Å². The number of hydrogen-bond donors (Lipinski definition) is 4. The highest BCUT2D eigenvalue weighted by Gasteiger charge is 2.26. The fourth-order valence-corrected chi connectivity index (χ4v) is 4.56. The highest BCUT2D eigenvalue weighted by Crippen LogP contribution is 2.35. The second kappa shape index (κ2) is 15.9. The maximum absolute atomic E-state index is 13.7. The van der Waals surface area contributed by atoms with Gasteiger partial charge in [-0.05, 0) is 92.6 Å². The van der Waals surface area contributed by atoms with Crippen molar-refractivity contribution in [2.75, 3.05) is 22.6 Å². The van der Waals surface area contributed by atoms with Gasteiger partial charge in [-0.3, -0.25) is 14.4 Å². The third-order valence-corrected chi connectivity index (χ3v) is 7.02. The summed E-state index contributed by atoms with van der Waals surface area (Å²) in [6.07, 6.45) is 14.8. The maximum Gasteiger partial charge on any atom is 0.272 e. The van der Waals surface area contributed by atoms with Crippen molar-refractivity contribution in [1.82, 2.24) is 10.6 Å². The summed E-state index contributed by atoms with van der Waals surface area (Å²) in [6, 6.07) is 17.0. The Morgan fingerprint density at radius 1 is 1.07 bits per heavy atom. The summed E-state index contributed by atoms with van der Waals surface area (Å²) in [5, 5.41) is 8.34. The van der Waals surface area contributed by atoms with Crippen molar-refractivity contribution in [3.63, 3.8) is 0 Å². The van der Waals surface area contributed by atoms with E-state index in [0.717, 1.165) is 35.2 Å². The van der Waals surface area contributed by atoms with E-state index in [2.05, 4.69) is 50.6 Å². The number of benzene rings is 2. The molecule has 1 heterocycles. The van der Waals surface area contributed by atoms with Crippen LogP contribution in [0.1, 0.15) is 49.0 Å². The van der Waals surface area contributed by atoms with E-state index in [0.29, 0.717) is 29.1 Å². The minimum absolute atomic E-state index is 0.163. The number of para-hydroxylation sites is 1. The molecule has 1 fully saturated rings. The summed E-state index contributed by atoms with van der Waals surface area (Å²) in [4.78, 5) is 40.9. The van der Waals surface area contributed by atoms with Gasteiger partial charge in [0.2, 0.25) is 0 Å². The van der Waals surface area contributed by atoms with Gasteiger partial charge in [-0.2, -0.15) is 0 Å². The number of rotatable bonds is 8. The van der Waals surface area contributed by atoms with Gasteiger partial charge in [-0.1, -0.05) is 52.7 Å². The van der Waals surface area contributed by atoms with Crippen molar-refractivity contribution < 1.29 is 14.4 Å². The smallest absolute Gasteiger partial charge is 0.272 e. The average Bonchev–Trinajstić information content (AvgIpc) is 3.84. The van der Waals surface area contributed by atoms with Crippen LogP contribution in [0.3, 0.4) is 0 Å². The molecular weight excluding hydrogens is 612 g/mol. The summed E-state index contributed by atoms with van der Waals surface area (Å²) >= 11 is 7.40. The Kier molecular flexibility index (Phi) is 12.3. The molecule has 218 valence electrons. The van der Waals surface area contributed by atoms with Crippen molar-refractivity contribution in [2.24, 2.45) is 0 Å². The molecule has 4 rings (SSSR count). The fourth-order valence-electron chi connectivity index (χ4n) is 4.34. The summed E-state index contributed by atoms with van der Waals surface area (Å²) in [5.41, 5.74) is 4.91. The second-order valence-electron chi connectivity index (χ2n) is 9.56. The quantitative estimate of drug-likeness (QED) is 0.0687. The molecule has 7 nitrogen and oxygen atoms in total. The standard InChI is InChI=1S/C32H32N4O3S.CH3Br/c1-4-6-10-27(33-5-2)30(37)34-24-14-12-22(13-15-24)32(39)36-19-18-23(20-29(40)31(38)35-25-16-17-25)21(3)26-9-7-8-11-28(26)36;1-2/h2,4,6-15,20,25,33,40H,16-19H2,1,3H3,(H,34,37)(H,35,38);1H3/b6-4-,27-10-,29-20-;. The van der Waals surface area contributed by atoms with Gasteiger partial charge in [0.1, 0.15) is 5.70 Å². The number of anilines is 2. The van der Waals surface area contributed by atoms with Crippen LogP contribution < -0.4 is 20.9 Å². The molecule has 0 bridgehead atoms. The van der Waals surface area contributed by atoms with Crippen molar-refractivity contribution in [3.05, 3.63) is 100 Å². The number of nitrogens with zero attached hydrogens (tertiary/aromatic N) is 1. The van der Waals surface area contributed by atoms with Crippen LogP contribution in [0, 0.1) is 12.5 Å². The van der Waals surface area contributed by atoms with Gasteiger partial charge in [0, 0.05) is 35.4 Å². The first-order valence-corrected chi connectivity index (χ1v) is 15.5. The lowest BCUT2D eigenvalue weighted by atomic mass is 9.99. The van der Waals surface area contributed by atoms with Gasteiger partial charge < -0.3 is 20.9 Å². The number of thiol groups is 1. The number of nitrogens with one attached hydrogen (secondary N) is 3. The highest BCUT2D eigenvalue weighted by atomic mass is 79.9. The van der Waals surface area contributed by atoms with E-state index in [1.165, 1.54) is 0 Å². The third kappa shape index (κ3) is 8.51. The van der Waals surface area contributed by atoms with Gasteiger partial charge >= 0.3 is 0 Å². The monoisotopic (exact) mass is 646 g/mol. The minimum atomic E-state index is -0.395. The van der Waals surface area contributed by atoms with Crippen LogP contribution in [-0.2, 0) is 9.59 Å². The molecule has 3 N–H and O–H groups in total. The molecule has 2 aromatic rings. The van der Waals surface area contributed by atoms with Gasteiger partial charge in [0.15, 0.2) is 0 Å². The van der Waals surface area contributed by atoms with E-state index >= 15 is 0 Å². The Morgan fingerprint density at radius 2 is 1.76 bits per heavy atom. The zero-order valence-electron chi connectivity index (χ0n) is 23.9. The van der Waals surface area contributed by atoms with Crippen LogP contribution >= 0.6 is 28.6 Å². The molecule has 1 aliphatic heterocycles. The van der Waals surface area contributed by atoms with Gasteiger partial charge in [0.25, 0.3) is 17.7 Å². The van der Waals surface area contributed by atoms with E-state index in [-0.39, 0.29) is 23.6 Å². The van der Waals surface area contributed by atoms with E-state index in [1.807, 2.05) is 50.0 Å². The van der Waals surface area contributed by atoms with Crippen molar-refractivity contribution in [2.45, 2.75) is 39.2 Å². The number of fused-ring (bicyclic) bond motifs is 1. The average molecular weight is 648 g/mol. The number of halogens is 1. The summed E-state index contributed by atoms with van der Waals surface area (Å²) < 4.78 is 0. The fraction of sp³-hybridized carbons (Fsp3) is 0.242. The molecule has 0 spiro atoms. The lowest BCUT2D eigenvalue weighted by Crippen LogP contribution is -2.32. The topological polar surface area (TPSA) is 90.5 Å². The number of alkyl halides is 1. The SMILES string of the molecule is C#CN/C(=C\C=C/C)C(=O)Nc1ccc(C(=O)N2CCC(/C=C(\S)C(=O)NC3CC3)=C(C)c3ccccc32)cc1.CBr. The first-order chi connectivity index (χ1) is 20.3. The number of carbonyl (C=O) groups is 3. The Hall–Kier alpha value is -4.00. The second-order valence-corrected chi connectivity index (χ2v) is 10.0. The molecule has 0 aromatic heterocycles. The Labute approximate surface area is 261 Å². The molecule has 0 radical (unpaired) electrons. The molecule has 42 heavy (non-hydrogen) atoms. The van der Waals surface area contributed by atoms with Crippen molar-refractivity contribution >= 4 is 63.2 Å². The van der Waals surface area contributed by atoms with Crippen LogP contribution in [-0.4, -0.2) is 36.1 Å². The maximum atomic E-state index is 13.7. The van der Waals surface area contributed by atoms with E-state index in [1.54, 1.807) is 47.4 Å². The molecule has 2 aliphatic rings. The van der Waals surface area contributed by atoms with E-state index < -0.39 is 5.91 Å². The first kappa shape index (κ1) is 32.5. The molecule has 2 aromatic carbocycles. The van der Waals surface area contributed by atoms with Crippen molar-refractivity contribution in [3.8, 4) is 12.5 Å². The normalized spacial score (nSPS) is 15.1. The largest absolute Gasteiger partial charge is 0.349 e. The molecule has 0 atom stereocenters. The molecule has 1 saturated carbocycles. The minimum Gasteiger partial charge on any atom is -0.349 e. The van der Waals surface area contributed by atoms with Crippen LogP contribution in [0.4, 0.5) is 11.4 Å². The van der Waals surface area contributed by atoms with Gasteiger partial charge in [-0.15, -0.1) is 12.6 Å². The van der Waals surface area contributed by atoms with E-state index in [9.17, 15) is 14.4 Å². The van der Waals surface area contributed by atoms with Crippen molar-refractivity contribution in [1.29, 1.82) is 0 Å². The molecule has 0 unspecified atom stereocenters. The zero-order valence-corrected chi connectivity index (χ0v) is 26.4. The summed E-state index contributed by atoms with van der Waals surface area (Å²) in [7, 11) is 0. The molecule has 1 aliphatic carbocycles. The molecule has 0 saturated heterocycles. The third-order valence-electron chi connectivity index (χ3n) is 6.68. The summed E-state index contributed by atoms with van der Waals surface area (Å²) in [6.45, 7) is 4.27. The predicted octanol–water partition coefficient (Wildman–Crippen LogP) is 6.19. The van der Waals surface area contributed by atoms with Crippen LogP contribution in [0.2, 0.25) is 0 Å². The number of hydrogen-bond acceptors (Lipinski definition) is 5. The zero-order chi connectivity index (χ0) is 30.6. The van der Waals surface area contributed by atoms with E-state index in [4.69, 9.17) is 6.42 Å². The molecular formula is C33H35BrN4O3S. The number of carbonyl (C=O) groups excluding carboxylic acids is 3. The number of allylic oxidation sites excluding steroid dienone is 5. The highest BCUT2D eigenvalue weighted by molar-refractivity contribution is 9.08. The van der Waals surface area contributed by atoms with Crippen LogP contribution in [0.25, 0.3) is 5.57 Å². The number of amides is 3. The Balaban J connectivity index is 0.00000237. The first-order valence-electron chi connectivity index (χ1n) is 13.5.